The third-order valence-corrected chi connectivity index (χ3v) is 3.57. The van der Waals surface area contributed by atoms with E-state index in [1.54, 1.807) is 13.1 Å². The monoisotopic (exact) mass is 408 g/mol. The molecule has 1 aromatic carbocycles. The summed E-state index contributed by atoms with van der Waals surface area (Å²) in [6.45, 7) is 6.05. The van der Waals surface area contributed by atoms with Gasteiger partial charge in [-0.05, 0) is 39.0 Å². The molecule has 0 atom stereocenters. The van der Waals surface area contributed by atoms with Gasteiger partial charge in [0, 0.05) is 42.9 Å². The number of halogens is 3. The molecule has 0 aliphatic heterocycles. The number of hydrogen-bond acceptors (Lipinski definition) is 3. The van der Waals surface area contributed by atoms with Crippen molar-refractivity contribution in [1.82, 2.24) is 4.90 Å². The van der Waals surface area contributed by atoms with Crippen LogP contribution in [-0.4, -0.2) is 51.0 Å². The molecule has 7 heteroatoms. The zero-order valence-corrected chi connectivity index (χ0v) is 16.8. The molecule has 138 valence electrons. The van der Waals surface area contributed by atoms with Gasteiger partial charge < -0.3 is 14.5 Å². The normalized spacial score (nSPS) is 10.5. The molecule has 0 saturated heterocycles. The number of amides is 1. The Morgan fingerprint density at radius 3 is 2.29 bits per heavy atom. The minimum atomic E-state index is -0.527. The summed E-state index contributed by atoms with van der Waals surface area (Å²) in [7, 11) is 4.07. The number of ether oxygens (including phenoxy) is 1. The van der Waals surface area contributed by atoms with Crippen LogP contribution in [0.3, 0.4) is 0 Å². The average Bonchev–Trinajstić information content (AvgIpc) is 2.52. The number of hydrogen-bond donors (Lipinski definition) is 0. The summed E-state index contributed by atoms with van der Waals surface area (Å²) in [5, 5.41) is 0. The zero-order chi connectivity index (χ0) is 18.9. The Morgan fingerprint density at radius 1 is 1.21 bits per heavy atom. The summed E-state index contributed by atoms with van der Waals surface area (Å²) in [6, 6.07) is 5.51. The van der Waals surface area contributed by atoms with Crippen molar-refractivity contribution >= 4 is 27.7 Å². The average molecular weight is 409 g/mol. The highest BCUT2D eigenvalue weighted by molar-refractivity contribution is 9.10. The summed E-state index contributed by atoms with van der Waals surface area (Å²) in [4.78, 5) is 15.4. The molecule has 0 heterocycles. The van der Waals surface area contributed by atoms with E-state index in [0.717, 1.165) is 10.2 Å². The summed E-state index contributed by atoms with van der Waals surface area (Å²) < 4.78 is 28.8. The van der Waals surface area contributed by atoms with E-state index in [1.807, 2.05) is 44.9 Å². The van der Waals surface area contributed by atoms with Crippen LogP contribution in [0.1, 0.15) is 26.3 Å². The van der Waals surface area contributed by atoms with E-state index >= 15 is 0 Å². The Kier molecular flexibility index (Phi) is 9.89. The lowest BCUT2D eigenvalue weighted by molar-refractivity contribution is 0.0303. The SMILES string of the molecule is CF.CN(CCN(C)c1ccc(Br)cc1CF)C(=O)OC(C)(C)C. The number of carbonyl (C=O) groups is 1. The van der Waals surface area contributed by atoms with Gasteiger partial charge in [-0.3, -0.25) is 4.39 Å². The molecule has 0 bridgehead atoms. The van der Waals surface area contributed by atoms with Gasteiger partial charge in [-0.2, -0.15) is 0 Å². The van der Waals surface area contributed by atoms with Gasteiger partial charge in [-0.15, -0.1) is 0 Å². The molecule has 1 aromatic rings. The van der Waals surface area contributed by atoms with E-state index in [9.17, 15) is 13.6 Å². The van der Waals surface area contributed by atoms with Crippen LogP contribution in [0.15, 0.2) is 22.7 Å². The molecule has 1 amide bonds. The van der Waals surface area contributed by atoms with Gasteiger partial charge in [-0.25, -0.2) is 9.18 Å². The second-order valence-corrected chi connectivity index (χ2v) is 7.15. The first kappa shape index (κ1) is 22.6. The molecular weight excluding hydrogens is 382 g/mol. The number of nitrogens with zero attached hydrogens (tertiary/aromatic N) is 2. The fourth-order valence-corrected chi connectivity index (χ4v) is 2.29. The second kappa shape index (κ2) is 10.5. The fourth-order valence-electron chi connectivity index (χ4n) is 1.89. The number of benzene rings is 1. The quantitative estimate of drug-likeness (QED) is 0.700. The largest absolute Gasteiger partial charge is 0.444 e. The maximum Gasteiger partial charge on any atom is 0.410 e. The van der Waals surface area contributed by atoms with E-state index in [2.05, 4.69) is 15.9 Å². The molecule has 0 N–H and O–H groups in total. The fraction of sp³-hybridized carbons (Fsp3) is 0.588. The number of alkyl halides is 2. The first-order valence-corrected chi connectivity index (χ1v) is 8.31. The molecule has 0 radical (unpaired) electrons. The van der Waals surface area contributed by atoms with Gasteiger partial charge in [0.25, 0.3) is 0 Å². The van der Waals surface area contributed by atoms with Gasteiger partial charge in [-0.1, -0.05) is 15.9 Å². The Balaban J connectivity index is 0.00000254. The van der Waals surface area contributed by atoms with Gasteiger partial charge in [0.1, 0.15) is 12.3 Å². The molecule has 4 nitrogen and oxygen atoms in total. The smallest absolute Gasteiger partial charge is 0.410 e. The lowest BCUT2D eigenvalue weighted by Crippen LogP contribution is -2.38. The molecule has 0 aromatic heterocycles. The number of rotatable bonds is 5. The van der Waals surface area contributed by atoms with Crippen molar-refractivity contribution in [1.29, 1.82) is 0 Å². The van der Waals surface area contributed by atoms with Gasteiger partial charge >= 0.3 is 6.09 Å². The van der Waals surface area contributed by atoms with Crippen LogP contribution >= 0.6 is 15.9 Å². The Hall–Kier alpha value is -1.37. The first-order valence-electron chi connectivity index (χ1n) is 7.51. The predicted molar refractivity (Wildman–Crippen MR) is 98.1 cm³/mol. The van der Waals surface area contributed by atoms with Gasteiger partial charge in [0.15, 0.2) is 0 Å². The molecule has 0 saturated carbocycles. The third-order valence-electron chi connectivity index (χ3n) is 3.07. The zero-order valence-electron chi connectivity index (χ0n) is 15.2. The number of anilines is 1. The molecule has 0 aliphatic carbocycles. The summed E-state index contributed by atoms with van der Waals surface area (Å²) >= 11 is 3.34. The summed E-state index contributed by atoms with van der Waals surface area (Å²) in [5.41, 5.74) is 0.935. The lowest BCUT2D eigenvalue weighted by atomic mass is 10.2. The maximum atomic E-state index is 13.1. The summed E-state index contributed by atoms with van der Waals surface area (Å²) in [5.74, 6) is 0. The number of carbonyl (C=O) groups excluding carboxylic acids is 1. The van der Waals surface area contributed by atoms with Crippen molar-refractivity contribution in [2.75, 3.05) is 39.3 Å². The van der Waals surface area contributed by atoms with Crippen LogP contribution in [0.2, 0.25) is 0 Å². The molecule has 24 heavy (non-hydrogen) atoms. The third kappa shape index (κ3) is 7.95. The minimum Gasteiger partial charge on any atom is -0.444 e. The summed E-state index contributed by atoms with van der Waals surface area (Å²) in [6.07, 6.45) is -0.359. The first-order chi connectivity index (χ1) is 11.1. The van der Waals surface area contributed by atoms with Crippen LogP contribution in [0.25, 0.3) is 0 Å². The van der Waals surface area contributed by atoms with Crippen LogP contribution < -0.4 is 4.90 Å². The van der Waals surface area contributed by atoms with E-state index in [1.165, 1.54) is 4.90 Å². The van der Waals surface area contributed by atoms with Gasteiger partial charge in [0.2, 0.25) is 0 Å². The van der Waals surface area contributed by atoms with Crippen molar-refractivity contribution in [3.8, 4) is 0 Å². The van der Waals surface area contributed by atoms with Crippen molar-refractivity contribution in [2.45, 2.75) is 33.0 Å². The van der Waals surface area contributed by atoms with Crippen molar-refractivity contribution in [2.24, 2.45) is 0 Å². The molecule has 0 unspecified atom stereocenters. The Bertz CT molecular complexity index is 522. The lowest BCUT2D eigenvalue weighted by Gasteiger charge is -2.27. The van der Waals surface area contributed by atoms with Crippen LogP contribution in [0, 0.1) is 0 Å². The van der Waals surface area contributed by atoms with Crippen molar-refractivity contribution < 1.29 is 18.3 Å². The van der Waals surface area contributed by atoms with Crippen LogP contribution in [0.4, 0.5) is 19.3 Å². The van der Waals surface area contributed by atoms with Crippen LogP contribution in [-0.2, 0) is 11.4 Å². The van der Waals surface area contributed by atoms with Gasteiger partial charge in [0.05, 0.1) is 7.18 Å². The van der Waals surface area contributed by atoms with Crippen molar-refractivity contribution in [3.63, 3.8) is 0 Å². The highest BCUT2D eigenvalue weighted by atomic mass is 79.9. The maximum absolute atomic E-state index is 13.1. The van der Waals surface area contributed by atoms with E-state index < -0.39 is 12.3 Å². The van der Waals surface area contributed by atoms with E-state index in [4.69, 9.17) is 4.74 Å². The predicted octanol–water partition coefficient (Wildman–Crippen LogP) is 4.81. The molecule has 1 rings (SSSR count). The standard InChI is InChI=1S/C16H24BrFN2O2.CH3F/c1-16(2,3)22-15(21)20(5)9-8-19(4)14-7-6-13(17)10-12(14)11-18;1-2/h6-7,10H,8-9,11H2,1-5H3;1H3. The number of likely N-dealkylation sites (N-methyl/N-ethyl adjacent to an activating group) is 2. The Labute approximate surface area is 151 Å². The molecular formula is C17H27BrF2N2O2. The van der Waals surface area contributed by atoms with E-state index in [-0.39, 0.29) is 6.09 Å². The highest BCUT2D eigenvalue weighted by Gasteiger charge is 2.19. The molecule has 0 fully saturated rings. The van der Waals surface area contributed by atoms with Crippen molar-refractivity contribution in [3.05, 3.63) is 28.2 Å². The minimum absolute atomic E-state index is 0.359. The van der Waals surface area contributed by atoms with E-state index in [0.29, 0.717) is 25.8 Å². The Morgan fingerprint density at radius 2 is 1.79 bits per heavy atom. The van der Waals surface area contributed by atoms with Crippen LogP contribution in [0.5, 0.6) is 0 Å². The topological polar surface area (TPSA) is 32.8 Å². The molecule has 0 aliphatic rings. The molecule has 0 spiro atoms. The highest BCUT2D eigenvalue weighted by Crippen LogP contribution is 2.24. The second-order valence-electron chi connectivity index (χ2n) is 6.23.